The number of aromatic hydroxyl groups is 5. The maximum absolute atomic E-state index is 11.8. The van der Waals surface area contributed by atoms with Crippen LogP contribution in [0.3, 0.4) is 0 Å². The first-order valence-corrected chi connectivity index (χ1v) is 16.9. The third-order valence-electron chi connectivity index (χ3n) is 9.86. The number of phenolic OH excluding ortho intramolecular Hbond substituents is 5. The highest BCUT2D eigenvalue weighted by Crippen LogP contribution is 2.61. The predicted octanol–water partition coefficient (Wildman–Crippen LogP) is 9.78. The Morgan fingerprint density at radius 2 is 1.08 bits per heavy atom. The summed E-state index contributed by atoms with van der Waals surface area (Å²) in [6, 6.07) is 34.9. The Balaban J connectivity index is 1.50. The second-order valence-electron chi connectivity index (χ2n) is 13.7. The minimum Gasteiger partial charge on any atom is -0.504 e. The highest BCUT2D eigenvalue weighted by molar-refractivity contribution is 5.88. The normalized spacial score (nSPS) is 12.9. The summed E-state index contributed by atoms with van der Waals surface area (Å²) in [4.78, 5) is 0. The van der Waals surface area contributed by atoms with Crippen molar-refractivity contribution in [3.05, 3.63) is 159 Å². The van der Waals surface area contributed by atoms with Crippen LogP contribution in [0.5, 0.6) is 40.2 Å². The summed E-state index contributed by atoms with van der Waals surface area (Å²) in [5, 5.41) is 56.7. The van der Waals surface area contributed by atoms with Gasteiger partial charge in [-0.3, -0.25) is 0 Å². The summed E-state index contributed by atoms with van der Waals surface area (Å²) < 4.78 is 6.06. The van der Waals surface area contributed by atoms with Crippen LogP contribution in [0.4, 0.5) is 0 Å². The van der Waals surface area contributed by atoms with Crippen molar-refractivity contribution >= 4 is 0 Å². The number of aryl methyl sites for hydroxylation is 2. The van der Waals surface area contributed by atoms with Crippen molar-refractivity contribution in [2.24, 2.45) is 5.92 Å². The number of fused-ring (bicyclic) bond motifs is 3. The standard InChI is InChI=1S/C44H40O6/c1-25(2)21-33-37(22-27(4)40(46)41(33)47)44(35-11-7-5-9-31(35)32-10-6-8-12-36(32)44)38-24-39(45)43(49)42(48)34(38)23-28-15-19-30(20-16-28)50-29-17-13-26(3)14-18-29/h5-20,22,24-25,45-49H,21,23H2,1-4H3. The summed E-state index contributed by atoms with van der Waals surface area (Å²) >= 11 is 0. The zero-order chi connectivity index (χ0) is 35.3. The molecule has 6 aromatic rings. The van der Waals surface area contributed by atoms with E-state index in [9.17, 15) is 25.5 Å². The fourth-order valence-electron chi connectivity index (χ4n) is 7.56. The number of hydrogen-bond donors (Lipinski definition) is 5. The van der Waals surface area contributed by atoms with Crippen molar-refractivity contribution in [3.8, 4) is 51.4 Å². The van der Waals surface area contributed by atoms with Crippen molar-refractivity contribution < 1.29 is 30.3 Å². The third-order valence-corrected chi connectivity index (χ3v) is 9.86. The van der Waals surface area contributed by atoms with E-state index in [1.54, 1.807) is 6.92 Å². The second kappa shape index (κ2) is 12.5. The first-order chi connectivity index (χ1) is 24.0. The number of ether oxygens (including phenoxy) is 1. The highest BCUT2D eigenvalue weighted by Gasteiger charge is 2.50. The maximum atomic E-state index is 11.8. The van der Waals surface area contributed by atoms with Crippen LogP contribution in [0.15, 0.2) is 109 Å². The van der Waals surface area contributed by atoms with Crippen LogP contribution in [0.2, 0.25) is 0 Å². The number of rotatable bonds is 8. The van der Waals surface area contributed by atoms with E-state index in [4.69, 9.17) is 4.74 Å². The Hall–Kier alpha value is -5.88. The molecular weight excluding hydrogens is 624 g/mol. The van der Waals surface area contributed by atoms with Crippen molar-refractivity contribution in [1.29, 1.82) is 0 Å². The van der Waals surface area contributed by atoms with Gasteiger partial charge in [0.25, 0.3) is 0 Å². The monoisotopic (exact) mass is 664 g/mol. The van der Waals surface area contributed by atoms with Gasteiger partial charge in [0.05, 0.1) is 5.41 Å². The molecule has 0 atom stereocenters. The lowest BCUT2D eigenvalue weighted by atomic mass is 9.63. The number of phenols is 5. The van der Waals surface area contributed by atoms with E-state index in [1.807, 2.05) is 97.9 Å². The number of benzene rings is 6. The molecule has 0 saturated carbocycles. The average molecular weight is 665 g/mol. The lowest BCUT2D eigenvalue weighted by Gasteiger charge is -2.38. The first kappa shape index (κ1) is 32.7. The highest BCUT2D eigenvalue weighted by atomic mass is 16.5. The smallest absolute Gasteiger partial charge is 0.200 e. The van der Waals surface area contributed by atoms with E-state index in [-0.39, 0.29) is 23.8 Å². The molecule has 0 fully saturated rings. The van der Waals surface area contributed by atoms with Crippen molar-refractivity contribution in [1.82, 2.24) is 0 Å². The summed E-state index contributed by atoms with van der Waals surface area (Å²) in [6.07, 6.45) is 0.656. The van der Waals surface area contributed by atoms with Gasteiger partial charge in [-0.25, -0.2) is 0 Å². The Labute approximate surface area is 292 Å². The van der Waals surface area contributed by atoms with Gasteiger partial charge in [0.2, 0.25) is 5.75 Å². The van der Waals surface area contributed by atoms with Crippen LogP contribution in [0, 0.1) is 19.8 Å². The van der Waals surface area contributed by atoms with Crippen LogP contribution in [-0.4, -0.2) is 25.5 Å². The zero-order valence-electron chi connectivity index (χ0n) is 28.5. The molecule has 5 N–H and O–H groups in total. The number of hydrogen-bond acceptors (Lipinski definition) is 6. The van der Waals surface area contributed by atoms with Gasteiger partial charge < -0.3 is 30.3 Å². The van der Waals surface area contributed by atoms with Gasteiger partial charge in [0, 0.05) is 17.5 Å². The molecule has 1 aliphatic rings. The lowest BCUT2D eigenvalue weighted by Crippen LogP contribution is -2.32. The molecule has 6 nitrogen and oxygen atoms in total. The molecule has 0 spiro atoms. The van der Waals surface area contributed by atoms with E-state index >= 15 is 0 Å². The van der Waals surface area contributed by atoms with Crippen molar-refractivity contribution in [2.75, 3.05) is 0 Å². The summed E-state index contributed by atoms with van der Waals surface area (Å²) in [7, 11) is 0. The molecule has 0 unspecified atom stereocenters. The first-order valence-electron chi connectivity index (χ1n) is 16.9. The molecule has 6 aromatic carbocycles. The summed E-state index contributed by atoms with van der Waals surface area (Å²) in [5.41, 5.74) is 7.30. The molecule has 0 heterocycles. The van der Waals surface area contributed by atoms with Crippen molar-refractivity contribution in [3.63, 3.8) is 0 Å². The Bertz CT molecular complexity index is 2190. The molecule has 1 aliphatic carbocycles. The van der Waals surface area contributed by atoms with Crippen LogP contribution < -0.4 is 4.74 Å². The second-order valence-corrected chi connectivity index (χ2v) is 13.7. The average Bonchev–Trinajstić information content (AvgIpc) is 3.41. The third kappa shape index (κ3) is 5.28. The maximum Gasteiger partial charge on any atom is 0.200 e. The lowest BCUT2D eigenvalue weighted by molar-refractivity contribution is 0.363. The van der Waals surface area contributed by atoms with Crippen LogP contribution >= 0.6 is 0 Å². The molecule has 0 amide bonds. The van der Waals surface area contributed by atoms with Gasteiger partial charge in [-0.15, -0.1) is 0 Å². The van der Waals surface area contributed by atoms with E-state index in [2.05, 4.69) is 26.0 Å². The Morgan fingerprint density at radius 3 is 1.66 bits per heavy atom. The molecule has 0 saturated heterocycles. The molecule has 6 heteroatoms. The van der Waals surface area contributed by atoms with Gasteiger partial charge >= 0.3 is 0 Å². The van der Waals surface area contributed by atoms with Crippen molar-refractivity contribution in [2.45, 2.75) is 46.0 Å². The molecule has 0 radical (unpaired) electrons. The molecule has 7 rings (SSSR count). The predicted molar refractivity (Wildman–Crippen MR) is 196 cm³/mol. The Morgan fingerprint density at radius 1 is 0.560 bits per heavy atom. The zero-order valence-corrected chi connectivity index (χ0v) is 28.5. The largest absolute Gasteiger partial charge is 0.504 e. The van der Waals surface area contributed by atoms with E-state index in [0.717, 1.165) is 44.7 Å². The van der Waals surface area contributed by atoms with E-state index in [1.165, 1.54) is 6.07 Å². The molecule has 0 bridgehead atoms. The molecule has 0 aromatic heterocycles. The van der Waals surface area contributed by atoms with Gasteiger partial charge in [-0.1, -0.05) is 98.3 Å². The van der Waals surface area contributed by atoms with Crippen LogP contribution in [0.1, 0.15) is 63.9 Å². The SMILES string of the molecule is Cc1ccc(Oc2ccc(Cc3c(C4(c5cc(C)c(O)c(O)c5CC(C)C)c5ccccc5-c5ccccc54)cc(O)c(O)c3O)cc2)cc1. The van der Waals surface area contributed by atoms with Gasteiger partial charge in [-0.2, -0.15) is 0 Å². The van der Waals surface area contributed by atoms with Gasteiger partial charge in [-0.05, 0) is 101 Å². The minimum absolute atomic E-state index is 0.118. The van der Waals surface area contributed by atoms with Crippen LogP contribution in [0.25, 0.3) is 11.1 Å². The van der Waals surface area contributed by atoms with Gasteiger partial charge in [0.1, 0.15) is 11.5 Å². The molecule has 50 heavy (non-hydrogen) atoms. The van der Waals surface area contributed by atoms with E-state index in [0.29, 0.717) is 34.4 Å². The van der Waals surface area contributed by atoms with E-state index < -0.39 is 22.7 Å². The van der Waals surface area contributed by atoms with Crippen LogP contribution in [-0.2, 0) is 18.3 Å². The fraction of sp³-hybridized carbons (Fsp3) is 0.182. The molecule has 0 aliphatic heterocycles. The Kier molecular flexibility index (Phi) is 8.19. The molecular formula is C44H40O6. The molecule has 252 valence electrons. The topological polar surface area (TPSA) is 110 Å². The minimum atomic E-state index is -1.17. The quantitative estimate of drug-likeness (QED) is 0.104. The summed E-state index contributed by atoms with van der Waals surface area (Å²) in [6.45, 7) is 7.89. The summed E-state index contributed by atoms with van der Waals surface area (Å²) in [5.74, 6) is -0.370. The fourth-order valence-corrected chi connectivity index (χ4v) is 7.56. The van der Waals surface area contributed by atoms with Gasteiger partial charge in [0.15, 0.2) is 23.0 Å².